The molecule has 110 valence electrons. The number of nitrogens with zero attached hydrogens (tertiary/aromatic N) is 1. The number of hydrogen-bond donors (Lipinski definition) is 2. The number of nitrogens with two attached hydrogens (primary N) is 1. The number of likely N-dealkylation sites (tertiary alicyclic amines) is 1. The number of piperidine rings is 1. The van der Waals surface area contributed by atoms with E-state index in [2.05, 4.69) is 24.1 Å². The Morgan fingerprint density at radius 3 is 2.95 bits per heavy atom. The van der Waals surface area contributed by atoms with Crippen molar-refractivity contribution < 1.29 is 4.79 Å². The molecule has 1 fully saturated rings. The molecular weight excluding hydrogens is 250 g/mol. The minimum Gasteiger partial charge on any atom is -0.326 e. The number of hydrogen-bond acceptors (Lipinski definition) is 3. The van der Waals surface area contributed by atoms with Crippen LogP contribution in [-0.2, 0) is 11.3 Å². The molecule has 1 amide bonds. The largest absolute Gasteiger partial charge is 0.326 e. The first kappa shape index (κ1) is 15.0. The lowest BCUT2D eigenvalue weighted by molar-refractivity contribution is -0.118. The van der Waals surface area contributed by atoms with Crippen molar-refractivity contribution in [1.82, 2.24) is 4.90 Å². The van der Waals surface area contributed by atoms with Crippen LogP contribution in [0.5, 0.6) is 0 Å². The third-order valence-electron chi connectivity index (χ3n) is 3.79. The van der Waals surface area contributed by atoms with E-state index in [4.69, 9.17) is 5.73 Å². The van der Waals surface area contributed by atoms with Crippen molar-refractivity contribution in [2.24, 2.45) is 11.1 Å². The highest BCUT2D eigenvalue weighted by molar-refractivity contribution is 5.92. The quantitative estimate of drug-likeness (QED) is 0.885. The van der Waals surface area contributed by atoms with E-state index >= 15 is 0 Å². The summed E-state index contributed by atoms with van der Waals surface area (Å²) in [5, 5.41) is 2.96. The van der Waals surface area contributed by atoms with Gasteiger partial charge in [0.15, 0.2) is 0 Å². The van der Waals surface area contributed by atoms with Gasteiger partial charge in [0.1, 0.15) is 0 Å². The molecule has 20 heavy (non-hydrogen) atoms. The van der Waals surface area contributed by atoms with Gasteiger partial charge in [-0.25, -0.2) is 0 Å². The Morgan fingerprint density at radius 2 is 2.25 bits per heavy atom. The fraction of sp³-hybridized carbons (Fsp3) is 0.562. The van der Waals surface area contributed by atoms with Gasteiger partial charge in [-0.2, -0.15) is 0 Å². The average molecular weight is 275 g/mol. The molecule has 4 nitrogen and oxygen atoms in total. The second-order valence-electron chi connectivity index (χ2n) is 6.43. The molecule has 0 saturated carbocycles. The standard InChI is InChI=1S/C16H25N3O/c1-16(2)7-4-8-19(12-16)11-15(20)18-14-6-3-5-13(9-14)10-17/h3,5-6,9H,4,7-8,10-12,17H2,1-2H3,(H,18,20). The molecule has 1 aromatic rings. The summed E-state index contributed by atoms with van der Waals surface area (Å²) in [4.78, 5) is 14.3. The number of carbonyl (C=O) groups is 1. The summed E-state index contributed by atoms with van der Waals surface area (Å²) in [5.74, 6) is 0.0527. The van der Waals surface area contributed by atoms with Gasteiger partial charge in [0.05, 0.1) is 6.54 Å². The Balaban J connectivity index is 1.88. The smallest absolute Gasteiger partial charge is 0.238 e. The molecule has 4 heteroatoms. The molecule has 1 aliphatic rings. The van der Waals surface area contributed by atoms with Crippen molar-refractivity contribution in [2.45, 2.75) is 33.2 Å². The highest BCUT2D eigenvalue weighted by Gasteiger charge is 2.27. The van der Waals surface area contributed by atoms with Crippen LogP contribution in [-0.4, -0.2) is 30.4 Å². The topological polar surface area (TPSA) is 58.4 Å². The Kier molecular flexibility index (Phi) is 4.78. The summed E-state index contributed by atoms with van der Waals surface area (Å²) >= 11 is 0. The molecule has 0 unspecified atom stereocenters. The minimum atomic E-state index is 0.0527. The normalized spacial score (nSPS) is 18.8. The second-order valence-corrected chi connectivity index (χ2v) is 6.43. The molecule has 0 aliphatic carbocycles. The van der Waals surface area contributed by atoms with Crippen LogP contribution in [0.2, 0.25) is 0 Å². The van der Waals surface area contributed by atoms with E-state index in [1.54, 1.807) is 0 Å². The first-order valence-electron chi connectivity index (χ1n) is 7.30. The summed E-state index contributed by atoms with van der Waals surface area (Å²) in [6, 6.07) is 7.71. The van der Waals surface area contributed by atoms with E-state index in [0.717, 1.165) is 24.3 Å². The maximum absolute atomic E-state index is 12.1. The fourth-order valence-corrected chi connectivity index (χ4v) is 2.86. The van der Waals surface area contributed by atoms with Crippen molar-refractivity contribution in [3.63, 3.8) is 0 Å². The zero-order valence-corrected chi connectivity index (χ0v) is 12.5. The first-order valence-corrected chi connectivity index (χ1v) is 7.30. The highest BCUT2D eigenvalue weighted by Crippen LogP contribution is 2.28. The number of rotatable bonds is 4. The maximum Gasteiger partial charge on any atom is 0.238 e. The molecule has 1 heterocycles. The van der Waals surface area contributed by atoms with E-state index in [1.807, 2.05) is 24.3 Å². The van der Waals surface area contributed by atoms with Gasteiger partial charge in [0.25, 0.3) is 0 Å². The molecular formula is C16H25N3O. The molecule has 1 saturated heterocycles. The number of benzene rings is 1. The van der Waals surface area contributed by atoms with Crippen molar-refractivity contribution in [3.05, 3.63) is 29.8 Å². The van der Waals surface area contributed by atoms with Crippen molar-refractivity contribution in [2.75, 3.05) is 25.0 Å². The third kappa shape index (κ3) is 4.32. The van der Waals surface area contributed by atoms with Gasteiger partial charge in [0.2, 0.25) is 5.91 Å². The fourth-order valence-electron chi connectivity index (χ4n) is 2.86. The van der Waals surface area contributed by atoms with E-state index in [0.29, 0.717) is 18.5 Å². The molecule has 0 spiro atoms. The monoisotopic (exact) mass is 275 g/mol. The highest BCUT2D eigenvalue weighted by atomic mass is 16.2. The van der Waals surface area contributed by atoms with Gasteiger partial charge in [-0.05, 0) is 42.5 Å². The summed E-state index contributed by atoms with van der Waals surface area (Å²) in [7, 11) is 0. The van der Waals surface area contributed by atoms with Crippen molar-refractivity contribution >= 4 is 11.6 Å². The van der Waals surface area contributed by atoms with Crippen LogP contribution in [0.3, 0.4) is 0 Å². The van der Waals surface area contributed by atoms with Crippen molar-refractivity contribution in [1.29, 1.82) is 0 Å². The number of anilines is 1. The maximum atomic E-state index is 12.1. The van der Waals surface area contributed by atoms with E-state index < -0.39 is 0 Å². The number of nitrogens with one attached hydrogen (secondary N) is 1. The van der Waals surface area contributed by atoms with Crippen molar-refractivity contribution in [3.8, 4) is 0 Å². The molecule has 0 aromatic heterocycles. The molecule has 0 atom stereocenters. The summed E-state index contributed by atoms with van der Waals surface area (Å²) in [5.41, 5.74) is 7.78. The lowest BCUT2D eigenvalue weighted by Crippen LogP contribution is -2.43. The zero-order valence-electron chi connectivity index (χ0n) is 12.5. The van der Waals surface area contributed by atoms with Crippen LogP contribution in [0, 0.1) is 5.41 Å². The Hall–Kier alpha value is -1.39. The predicted molar refractivity (Wildman–Crippen MR) is 82.4 cm³/mol. The lowest BCUT2D eigenvalue weighted by atomic mass is 9.84. The van der Waals surface area contributed by atoms with Crippen LogP contribution in [0.25, 0.3) is 0 Å². The Bertz CT molecular complexity index is 471. The van der Waals surface area contributed by atoms with Gasteiger partial charge in [-0.3, -0.25) is 9.69 Å². The van der Waals surface area contributed by atoms with Gasteiger partial charge >= 0.3 is 0 Å². The molecule has 0 bridgehead atoms. The average Bonchev–Trinajstić information content (AvgIpc) is 2.37. The molecule has 1 aliphatic heterocycles. The van der Waals surface area contributed by atoms with E-state index in [-0.39, 0.29) is 5.91 Å². The lowest BCUT2D eigenvalue weighted by Gasteiger charge is -2.37. The van der Waals surface area contributed by atoms with Crippen LogP contribution in [0.15, 0.2) is 24.3 Å². The molecule has 0 radical (unpaired) electrons. The van der Waals surface area contributed by atoms with Crippen LogP contribution < -0.4 is 11.1 Å². The number of amides is 1. The SMILES string of the molecule is CC1(C)CCCN(CC(=O)Nc2cccc(CN)c2)C1. The summed E-state index contributed by atoms with van der Waals surface area (Å²) in [6.45, 7) is 7.49. The summed E-state index contributed by atoms with van der Waals surface area (Å²) in [6.07, 6.45) is 2.41. The summed E-state index contributed by atoms with van der Waals surface area (Å²) < 4.78 is 0. The third-order valence-corrected chi connectivity index (χ3v) is 3.79. The zero-order chi connectivity index (χ0) is 14.6. The van der Waals surface area contributed by atoms with E-state index in [9.17, 15) is 4.79 Å². The van der Waals surface area contributed by atoms with Gasteiger partial charge in [-0.1, -0.05) is 26.0 Å². The molecule has 2 rings (SSSR count). The van der Waals surface area contributed by atoms with Gasteiger partial charge in [0, 0.05) is 18.8 Å². The first-order chi connectivity index (χ1) is 9.48. The van der Waals surface area contributed by atoms with Crippen LogP contribution in [0.1, 0.15) is 32.3 Å². The Morgan fingerprint density at radius 1 is 1.45 bits per heavy atom. The predicted octanol–water partition coefficient (Wildman–Crippen LogP) is 2.21. The molecule has 3 N–H and O–H groups in total. The van der Waals surface area contributed by atoms with Gasteiger partial charge < -0.3 is 11.1 Å². The molecule has 1 aromatic carbocycles. The minimum absolute atomic E-state index is 0.0527. The Labute approximate surface area is 121 Å². The van der Waals surface area contributed by atoms with Crippen LogP contribution in [0.4, 0.5) is 5.69 Å². The van der Waals surface area contributed by atoms with Crippen LogP contribution >= 0.6 is 0 Å². The van der Waals surface area contributed by atoms with Gasteiger partial charge in [-0.15, -0.1) is 0 Å². The van der Waals surface area contributed by atoms with E-state index in [1.165, 1.54) is 12.8 Å². The number of carbonyl (C=O) groups excluding carboxylic acids is 1. The second kappa shape index (κ2) is 6.37.